The molecule has 0 spiro atoms. The van der Waals surface area contributed by atoms with Gasteiger partial charge in [0.05, 0.1) is 19.2 Å². The first-order chi connectivity index (χ1) is 9.59. The standard InChI is InChI=1S/C16H24ClNO2/c1-11-12(16(10-18)7-5-4-6-8-16)9-13(17)15(20-3)14(11)19-2/h9H,4-8,10,18H2,1-3H3. The predicted molar refractivity (Wildman–Crippen MR) is 83.1 cm³/mol. The van der Waals surface area contributed by atoms with Crippen molar-refractivity contribution in [3.8, 4) is 11.5 Å². The fraction of sp³-hybridized carbons (Fsp3) is 0.625. The Morgan fingerprint density at radius 3 is 2.25 bits per heavy atom. The number of rotatable bonds is 4. The van der Waals surface area contributed by atoms with Crippen LogP contribution in [0.15, 0.2) is 6.07 Å². The highest BCUT2D eigenvalue weighted by Gasteiger charge is 2.35. The number of nitrogens with two attached hydrogens (primary N) is 1. The minimum atomic E-state index is 0.0333. The molecule has 2 rings (SSSR count). The molecule has 0 heterocycles. The first-order valence-electron chi connectivity index (χ1n) is 7.21. The maximum atomic E-state index is 6.38. The lowest BCUT2D eigenvalue weighted by atomic mass is 9.68. The van der Waals surface area contributed by atoms with Gasteiger partial charge in [-0.05, 0) is 37.0 Å². The van der Waals surface area contributed by atoms with Gasteiger partial charge in [0.15, 0.2) is 11.5 Å². The molecule has 0 aliphatic heterocycles. The van der Waals surface area contributed by atoms with E-state index in [0.717, 1.165) is 24.2 Å². The van der Waals surface area contributed by atoms with Crippen LogP contribution < -0.4 is 15.2 Å². The highest BCUT2D eigenvalue weighted by Crippen LogP contribution is 2.47. The van der Waals surface area contributed by atoms with Gasteiger partial charge >= 0.3 is 0 Å². The van der Waals surface area contributed by atoms with E-state index in [2.05, 4.69) is 6.92 Å². The number of benzene rings is 1. The van der Waals surface area contributed by atoms with E-state index in [1.807, 2.05) is 6.07 Å². The van der Waals surface area contributed by atoms with Crippen LogP contribution in [0.5, 0.6) is 11.5 Å². The van der Waals surface area contributed by atoms with Crippen molar-refractivity contribution in [1.29, 1.82) is 0 Å². The normalized spacial score (nSPS) is 17.9. The van der Waals surface area contributed by atoms with Crippen LogP contribution in [0, 0.1) is 6.92 Å². The summed E-state index contributed by atoms with van der Waals surface area (Å²) in [6.07, 6.45) is 5.99. The highest BCUT2D eigenvalue weighted by atomic mass is 35.5. The minimum absolute atomic E-state index is 0.0333. The first kappa shape index (κ1) is 15.5. The van der Waals surface area contributed by atoms with Crippen LogP contribution in [0.2, 0.25) is 5.02 Å². The van der Waals surface area contributed by atoms with E-state index < -0.39 is 0 Å². The molecular weight excluding hydrogens is 274 g/mol. The first-order valence-corrected chi connectivity index (χ1v) is 7.59. The van der Waals surface area contributed by atoms with Gasteiger partial charge in [0.25, 0.3) is 0 Å². The number of hydrogen-bond acceptors (Lipinski definition) is 3. The molecule has 0 amide bonds. The third kappa shape index (κ3) is 2.49. The Bertz CT molecular complexity index is 482. The van der Waals surface area contributed by atoms with Crippen LogP contribution >= 0.6 is 11.6 Å². The van der Waals surface area contributed by atoms with Gasteiger partial charge in [-0.3, -0.25) is 0 Å². The van der Waals surface area contributed by atoms with Crippen LogP contribution in [0.25, 0.3) is 0 Å². The number of ether oxygens (including phenoxy) is 2. The summed E-state index contributed by atoms with van der Waals surface area (Å²) >= 11 is 6.38. The van der Waals surface area contributed by atoms with Crippen molar-refractivity contribution in [3.05, 3.63) is 22.2 Å². The monoisotopic (exact) mass is 297 g/mol. The summed E-state index contributed by atoms with van der Waals surface area (Å²) in [6.45, 7) is 2.72. The number of hydrogen-bond donors (Lipinski definition) is 1. The second-order valence-electron chi connectivity index (χ2n) is 5.64. The Labute approximate surface area is 126 Å². The molecular formula is C16H24ClNO2. The van der Waals surface area contributed by atoms with E-state index in [4.69, 9.17) is 26.8 Å². The summed E-state index contributed by atoms with van der Waals surface area (Å²) in [7, 11) is 3.27. The quantitative estimate of drug-likeness (QED) is 0.918. The summed E-state index contributed by atoms with van der Waals surface area (Å²) in [5.74, 6) is 1.34. The molecule has 0 unspecified atom stereocenters. The van der Waals surface area contributed by atoms with Gasteiger partial charge in [-0.25, -0.2) is 0 Å². The molecule has 3 nitrogen and oxygen atoms in total. The topological polar surface area (TPSA) is 44.5 Å². The van der Waals surface area contributed by atoms with Crippen LogP contribution in [0.4, 0.5) is 0 Å². The minimum Gasteiger partial charge on any atom is -0.493 e. The van der Waals surface area contributed by atoms with Crippen molar-refractivity contribution in [2.45, 2.75) is 44.4 Å². The molecule has 1 saturated carbocycles. The van der Waals surface area contributed by atoms with E-state index in [-0.39, 0.29) is 5.41 Å². The zero-order chi connectivity index (χ0) is 14.8. The summed E-state index contributed by atoms with van der Waals surface area (Å²) in [6, 6.07) is 2.02. The van der Waals surface area contributed by atoms with Gasteiger partial charge in [-0.2, -0.15) is 0 Å². The summed E-state index contributed by atoms with van der Waals surface area (Å²) in [5, 5.41) is 0.600. The molecule has 0 atom stereocenters. The van der Waals surface area contributed by atoms with Gasteiger partial charge in [-0.15, -0.1) is 0 Å². The molecule has 1 aromatic rings. The number of halogens is 1. The average Bonchev–Trinajstić information content (AvgIpc) is 2.49. The van der Waals surface area contributed by atoms with Gasteiger partial charge in [-0.1, -0.05) is 30.9 Å². The lowest BCUT2D eigenvalue weighted by molar-refractivity contribution is 0.296. The van der Waals surface area contributed by atoms with Crippen molar-refractivity contribution in [1.82, 2.24) is 0 Å². The maximum absolute atomic E-state index is 6.38. The molecule has 1 aromatic carbocycles. The second kappa shape index (κ2) is 6.23. The molecule has 1 fully saturated rings. The SMILES string of the molecule is COc1c(Cl)cc(C2(CN)CCCCC2)c(C)c1OC. The number of methoxy groups -OCH3 is 2. The third-order valence-electron chi connectivity index (χ3n) is 4.62. The Balaban J connectivity index is 2.58. The van der Waals surface area contributed by atoms with Crippen LogP contribution in [0.3, 0.4) is 0 Å². The van der Waals surface area contributed by atoms with Crippen LogP contribution in [0.1, 0.15) is 43.2 Å². The zero-order valence-corrected chi connectivity index (χ0v) is 13.3. The second-order valence-corrected chi connectivity index (χ2v) is 6.05. The smallest absolute Gasteiger partial charge is 0.179 e. The summed E-state index contributed by atoms with van der Waals surface area (Å²) in [4.78, 5) is 0. The van der Waals surface area contributed by atoms with Gasteiger partial charge in [0.2, 0.25) is 0 Å². The third-order valence-corrected chi connectivity index (χ3v) is 4.90. The lowest BCUT2D eigenvalue weighted by Crippen LogP contribution is -2.37. The molecule has 0 bridgehead atoms. The molecule has 112 valence electrons. The molecule has 0 radical (unpaired) electrons. The van der Waals surface area contributed by atoms with Crippen molar-refractivity contribution >= 4 is 11.6 Å². The molecule has 1 aliphatic rings. The molecule has 4 heteroatoms. The van der Waals surface area contributed by atoms with Crippen molar-refractivity contribution in [2.75, 3.05) is 20.8 Å². The van der Waals surface area contributed by atoms with Gasteiger partial charge < -0.3 is 15.2 Å². The summed E-state index contributed by atoms with van der Waals surface area (Å²) < 4.78 is 10.9. The molecule has 0 saturated heterocycles. The molecule has 0 aromatic heterocycles. The average molecular weight is 298 g/mol. The molecule has 2 N–H and O–H groups in total. The fourth-order valence-corrected chi connectivity index (χ4v) is 3.77. The van der Waals surface area contributed by atoms with E-state index >= 15 is 0 Å². The van der Waals surface area contributed by atoms with Crippen molar-refractivity contribution in [3.63, 3.8) is 0 Å². The summed E-state index contributed by atoms with van der Waals surface area (Å²) in [5.41, 5.74) is 8.49. The highest BCUT2D eigenvalue weighted by molar-refractivity contribution is 6.32. The van der Waals surface area contributed by atoms with Crippen LogP contribution in [-0.2, 0) is 5.41 Å². The Morgan fingerprint density at radius 1 is 1.15 bits per heavy atom. The van der Waals surface area contributed by atoms with Gasteiger partial charge in [0.1, 0.15) is 0 Å². The molecule has 20 heavy (non-hydrogen) atoms. The largest absolute Gasteiger partial charge is 0.493 e. The Morgan fingerprint density at radius 2 is 1.75 bits per heavy atom. The molecule has 1 aliphatic carbocycles. The Hall–Kier alpha value is -0.930. The Kier molecular flexibility index (Phi) is 4.82. The van der Waals surface area contributed by atoms with Crippen LogP contribution in [-0.4, -0.2) is 20.8 Å². The maximum Gasteiger partial charge on any atom is 0.179 e. The van der Waals surface area contributed by atoms with E-state index in [1.165, 1.54) is 24.8 Å². The predicted octanol–water partition coefficient (Wildman–Crippen LogP) is 3.83. The van der Waals surface area contributed by atoms with Gasteiger partial charge in [0, 0.05) is 12.0 Å². The van der Waals surface area contributed by atoms with Crippen molar-refractivity contribution in [2.24, 2.45) is 5.73 Å². The van der Waals surface area contributed by atoms with E-state index in [9.17, 15) is 0 Å². The van der Waals surface area contributed by atoms with E-state index in [0.29, 0.717) is 17.3 Å². The van der Waals surface area contributed by atoms with E-state index in [1.54, 1.807) is 14.2 Å². The van der Waals surface area contributed by atoms with Crippen molar-refractivity contribution < 1.29 is 9.47 Å². The fourth-order valence-electron chi connectivity index (χ4n) is 3.50. The lowest BCUT2D eigenvalue weighted by Gasteiger charge is -2.38. The zero-order valence-electron chi connectivity index (χ0n) is 12.6.